The average Bonchev–Trinajstić information content (AvgIpc) is 3.71. The zero-order valence-electron chi connectivity index (χ0n) is 43.7. The van der Waals surface area contributed by atoms with E-state index in [4.69, 9.17) is 19.5 Å². The Hall–Kier alpha value is -6.08. The normalized spacial score (nSPS) is 17.8. The zero-order valence-corrected chi connectivity index (χ0v) is 35.1. The van der Waals surface area contributed by atoms with E-state index in [9.17, 15) is 31.6 Å². The minimum atomic E-state index is -5.65. The van der Waals surface area contributed by atoms with E-state index in [0.29, 0.717) is 27.5 Å². The number of nitrogens with zero attached hydrogens (tertiary/aromatic N) is 3. The van der Waals surface area contributed by atoms with Crippen molar-refractivity contribution < 1.29 is 65.9 Å². The summed E-state index contributed by atoms with van der Waals surface area (Å²) in [6.45, 7) is -8.07. The van der Waals surface area contributed by atoms with Crippen LogP contribution in [0, 0.1) is 49.4 Å². The van der Waals surface area contributed by atoms with Crippen LogP contribution in [-0.2, 0) is 20.1 Å². The molecule has 1 aliphatic carbocycles. The number of alkyl halides is 6. The second kappa shape index (κ2) is 18.0. The molecule has 9 rings (SSSR count). The first-order valence-electron chi connectivity index (χ1n) is 24.7. The number of aryl methyl sites for hydroxylation is 3. The van der Waals surface area contributed by atoms with Gasteiger partial charge >= 0.3 is 12.4 Å². The maximum atomic E-state index is 13.9. The molecule has 0 atom stereocenters. The van der Waals surface area contributed by atoms with Gasteiger partial charge in [-0.05, 0) is 126 Å². The molecule has 8 aromatic rings. The van der Waals surface area contributed by atoms with Crippen LogP contribution >= 0.6 is 0 Å². The smallest absolute Gasteiger partial charge is 0.403 e. The number of furan rings is 1. The number of rotatable bonds is 5. The number of hydrogen-bond acceptors (Lipinski definition) is 4. The minimum absolute atomic E-state index is 0. The Labute approximate surface area is 390 Å². The molecule has 3 aromatic heterocycles. The molecule has 3 heterocycles. The SMILES string of the molecule is [2H]C([2H])([2H])c1ccc(-c2[c-]cccc2)nc1.[2H]c1cc(C2([2H])CCC(C(F)(F)F)(C(F)(F)F)CC2)cc(C([2H])([2H])[2H])c1-c1cc(-c2[c-]ccc3c2oc2cc(-c4cccc(C#N)c4)ccc23)ncc1C([2H])([2H])[2H].[Ir]. The summed E-state index contributed by atoms with van der Waals surface area (Å²) in [5.74, 6) is -2.12. The van der Waals surface area contributed by atoms with Crippen molar-refractivity contribution in [1.82, 2.24) is 9.97 Å². The monoisotopic (exact) mass is 1040 g/mol. The summed E-state index contributed by atoms with van der Waals surface area (Å²) >= 11 is 0. The van der Waals surface area contributed by atoms with Gasteiger partial charge in [0.25, 0.3) is 0 Å². The average molecular weight is 1040 g/mol. The fourth-order valence-corrected chi connectivity index (χ4v) is 7.70. The summed E-state index contributed by atoms with van der Waals surface area (Å²) in [5.41, 5.74) is -1.01. The Kier molecular flexibility index (Phi) is 9.28. The van der Waals surface area contributed by atoms with Gasteiger partial charge in [0.05, 0.1) is 18.6 Å². The van der Waals surface area contributed by atoms with Crippen LogP contribution in [0.2, 0.25) is 0 Å². The quantitative estimate of drug-likeness (QED) is 0.127. The van der Waals surface area contributed by atoms with Gasteiger partial charge in [-0.25, -0.2) is 0 Å². The Bertz CT molecular complexity index is 3380. The molecule has 1 radical (unpaired) electrons. The Morgan fingerprint density at radius 2 is 1.54 bits per heavy atom. The maximum Gasteiger partial charge on any atom is 0.403 e. The second-order valence-corrected chi connectivity index (χ2v) is 14.8. The van der Waals surface area contributed by atoms with Crippen LogP contribution in [-0.4, -0.2) is 22.3 Å². The van der Waals surface area contributed by atoms with E-state index in [1.807, 2.05) is 36.4 Å². The fourth-order valence-electron chi connectivity index (χ4n) is 7.70. The first kappa shape index (κ1) is 32.6. The van der Waals surface area contributed by atoms with Gasteiger partial charge in [-0.1, -0.05) is 71.6 Å². The van der Waals surface area contributed by atoms with Crippen molar-refractivity contribution in [3.05, 3.63) is 168 Å². The van der Waals surface area contributed by atoms with Gasteiger partial charge in [0, 0.05) is 51.6 Å². The number of halogens is 6. The first-order chi connectivity index (χ1) is 34.0. The van der Waals surface area contributed by atoms with Gasteiger partial charge in [0.15, 0.2) is 5.41 Å². The number of aromatic nitrogens is 2. The summed E-state index contributed by atoms with van der Waals surface area (Å²) in [5, 5.41) is 10.7. The third-order valence-corrected chi connectivity index (χ3v) is 11.1. The summed E-state index contributed by atoms with van der Waals surface area (Å²) in [6.07, 6.45) is -13.7. The van der Waals surface area contributed by atoms with E-state index < -0.39 is 87.1 Å². The predicted octanol–water partition coefficient (Wildman–Crippen LogP) is 14.9. The zero-order chi connectivity index (χ0) is 53.1. The second-order valence-electron chi connectivity index (χ2n) is 14.8. The molecule has 1 fully saturated rings. The maximum absolute atomic E-state index is 13.9. The molecule has 11 heteroatoms. The third kappa shape index (κ3) is 8.93. The molecule has 0 spiro atoms. The van der Waals surface area contributed by atoms with Crippen LogP contribution in [0.25, 0.3) is 66.7 Å². The number of fused-ring (bicyclic) bond motifs is 3. The third-order valence-electron chi connectivity index (χ3n) is 11.1. The van der Waals surface area contributed by atoms with Crippen LogP contribution in [0.5, 0.6) is 0 Å². The topological polar surface area (TPSA) is 62.7 Å². The van der Waals surface area contributed by atoms with E-state index in [-0.39, 0.29) is 53.6 Å². The van der Waals surface area contributed by atoms with Gasteiger partial charge in [0.2, 0.25) is 0 Å². The predicted molar refractivity (Wildman–Crippen MR) is 230 cm³/mol. The summed E-state index contributed by atoms with van der Waals surface area (Å²) < 4.78 is 179. The molecule has 0 N–H and O–H groups in total. The largest absolute Gasteiger partial charge is 0.501 e. The van der Waals surface area contributed by atoms with Crippen LogP contribution in [0.15, 0.2) is 132 Å². The van der Waals surface area contributed by atoms with Crippen LogP contribution in [0.3, 0.4) is 0 Å². The molecule has 4 nitrogen and oxygen atoms in total. The van der Waals surface area contributed by atoms with E-state index >= 15 is 0 Å². The standard InChI is InChI=1S/C40H29F6N2O.C12H10N.Ir/c1-23-17-28(26-13-15-38(16-14-26,39(41,42)43)40(44,45)46)9-11-30(23)34-20-35(48-22-24(34)2)33-8-4-7-32-31-12-10-29(19-36(31)49-37(32)33)27-6-3-5-25(18-27)21-47;1-10-7-8-12(13-9-10)11-5-3-2-4-6-11;/h3-7,9-12,17-20,22,26H,13-16H2,1-2H3;2-5,7-9H,1H3;/q2*-1;/i1D3,2D3,11D,26D;1D3;. The summed E-state index contributed by atoms with van der Waals surface area (Å²) in [7, 11) is 0. The van der Waals surface area contributed by atoms with Crippen molar-refractivity contribution in [2.75, 3.05) is 0 Å². The molecule has 321 valence electrons. The molecular formula is C52H39F6IrN3O-2. The van der Waals surface area contributed by atoms with Gasteiger partial charge in [0.1, 0.15) is 5.58 Å². The molecule has 0 amide bonds. The number of pyridine rings is 2. The Morgan fingerprint density at radius 3 is 2.22 bits per heavy atom. The van der Waals surface area contributed by atoms with Crippen LogP contribution < -0.4 is 0 Å². The molecular weight excluding hydrogens is 989 g/mol. The van der Waals surface area contributed by atoms with Crippen molar-refractivity contribution in [3.63, 3.8) is 0 Å². The molecule has 1 aliphatic rings. The Morgan fingerprint density at radius 1 is 0.762 bits per heavy atom. The Balaban J connectivity index is 0.000000400. The van der Waals surface area contributed by atoms with E-state index in [2.05, 4.69) is 28.2 Å². The van der Waals surface area contributed by atoms with Crippen molar-refractivity contribution in [1.29, 1.82) is 5.26 Å². The van der Waals surface area contributed by atoms with Crippen molar-refractivity contribution >= 4 is 21.9 Å². The molecule has 63 heavy (non-hydrogen) atoms. The summed E-state index contributed by atoms with van der Waals surface area (Å²) in [6, 6.07) is 37.4. The molecule has 1 saturated carbocycles. The first-order valence-corrected chi connectivity index (χ1v) is 19.2. The fraction of sp³-hybridized carbons (Fsp3) is 0.212. The number of hydrogen-bond donors (Lipinski definition) is 0. The van der Waals surface area contributed by atoms with Crippen molar-refractivity contribution in [2.24, 2.45) is 5.41 Å². The van der Waals surface area contributed by atoms with Crippen LogP contribution in [0.4, 0.5) is 26.3 Å². The van der Waals surface area contributed by atoms with E-state index in [1.54, 1.807) is 54.6 Å². The van der Waals surface area contributed by atoms with Crippen molar-refractivity contribution in [2.45, 2.75) is 64.5 Å². The minimum Gasteiger partial charge on any atom is -0.501 e. The molecule has 0 saturated heterocycles. The van der Waals surface area contributed by atoms with Gasteiger partial charge in [-0.3, -0.25) is 0 Å². The summed E-state index contributed by atoms with van der Waals surface area (Å²) in [4.78, 5) is 8.51. The van der Waals surface area contributed by atoms with Crippen LogP contribution in [0.1, 0.15) is 74.5 Å². The van der Waals surface area contributed by atoms with Gasteiger partial charge < -0.3 is 14.4 Å². The number of nitriles is 1. The molecule has 0 bridgehead atoms. The molecule has 0 unspecified atom stereocenters. The van der Waals surface area contributed by atoms with Gasteiger partial charge in [-0.2, -0.15) is 31.6 Å². The van der Waals surface area contributed by atoms with E-state index in [0.717, 1.165) is 40.7 Å². The number of benzene rings is 5. The van der Waals surface area contributed by atoms with Gasteiger partial charge in [-0.15, -0.1) is 54.1 Å². The van der Waals surface area contributed by atoms with Crippen molar-refractivity contribution in [3.8, 4) is 50.8 Å². The molecule has 0 aliphatic heterocycles. The van der Waals surface area contributed by atoms with E-state index in [1.165, 1.54) is 12.3 Å². The molecule has 5 aromatic carbocycles.